The van der Waals surface area contributed by atoms with E-state index in [2.05, 4.69) is 37.7 Å². The molecule has 4 rings (SSSR count). The summed E-state index contributed by atoms with van der Waals surface area (Å²) >= 11 is 0. The third-order valence-corrected chi connectivity index (χ3v) is 4.34. The van der Waals surface area contributed by atoms with E-state index in [1.165, 1.54) is 0 Å². The molecule has 0 aliphatic carbocycles. The molecular weight excluding hydrogens is 354 g/mol. The molecule has 3 N–H and O–H groups in total. The summed E-state index contributed by atoms with van der Waals surface area (Å²) in [5.74, 6) is 3.14. The number of guanidine groups is 1. The molecule has 1 aromatic heterocycles. The number of imidazole rings is 1. The quantitative estimate of drug-likeness (QED) is 0.454. The van der Waals surface area contributed by atoms with Crippen LogP contribution in [0.2, 0.25) is 0 Å². The molecule has 2 aromatic carbocycles. The molecular formula is C21H23N5O2. The van der Waals surface area contributed by atoms with Gasteiger partial charge in [0.05, 0.1) is 25.0 Å². The second-order valence-electron chi connectivity index (χ2n) is 6.35. The van der Waals surface area contributed by atoms with Crippen LogP contribution >= 0.6 is 0 Å². The zero-order chi connectivity index (χ0) is 19.2. The predicted molar refractivity (Wildman–Crippen MR) is 108 cm³/mol. The van der Waals surface area contributed by atoms with Crippen LogP contribution in [-0.2, 0) is 13.1 Å². The van der Waals surface area contributed by atoms with E-state index < -0.39 is 0 Å². The summed E-state index contributed by atoms with van der Waals surface area (Å²) in [7, 11) is 0. The molecule has 7 nitrogen and oxygen atoms in total. The van der Waals surface area contributed by atoms with Gasteiger partial charge >= 0.3 is 0 Å². The molecule has 0 saturated heterocycles. The summed E-state index contributed by atoms with van der Waals surface area (Å²) in [5, 5.41) is 6.57. The normalized spacial score (nSPS) is 12.8. The minimum Gasteiger partial charge on any atom is -0.454 e. The number of fused-ring (bicyclic) bond motifs is 1. The minimum atomic E-state index is 0.278. The van der Waals surface area contributed by atoms with Crippen LogP contribution in [0.4, 0.5) is 0 Å². The molecule has 7 heteroatoms. The highest BCUT2D eigenvalue weighted by Crippen LogP contribution is 2.32. The lowest BCUT2D eigenvalue weighted by Crippen LogP contribution is -2.37. The number of benzene rings is 2. The van der Waals surface area contributed by atoms with Crippen LogP contribution in [0.3, 0.4) is 0 Å². The van der Waals surface area contributed by atoms with E-state index in [9.17, 15) is 0 Å². The molecule has 144 valence electrons. The molecule has 0 fully saturated rings. The number of H-pyrrole nitrogens is 1. The Morgan fingerprint density at radius 2 is 1.96 bits per heavy atom. The molecule has 0 spiro atoms. The fourth-order valence-corrected chi connectivity index (χ4v) is 2.94. The van der Waals surface area contributed by atoms with Crippen LogP contribution in [0.25, 0.3) is 11.3 Å². The Morgan fingerprint density at radius 3 is 2.82 bits per heavy atom. The van der Waals surface area contributed by atoms with Crippen molar-refractivity contribution in [3.05, 3.63) is 66.1 Å². The molecule has 0 saturated carbocycles. The van der Waals surface area contributed by atoms with Gasteiger partial charge < -0.3 is 25.1 Å². The summed E-state index contributed by atoms with van der Waals surface area (Å²) in [6, 6.07) is 16.0. The molecule has 3 aromatic rings. The van der Waals surface area contributed by atoms with Crippen molar-refractivity contribution < 1.29 is 9.47 Å². The molecule has 2 heterocycles. The SMILES string of the molecule is CCNC(=NCc1ccc2c(c1)OCO2)NCc1ncc(-c2ccccc2)[nH]1. The second kappa shape index (κ2) is 8.47. The first-order chi connectivity index (χ1) is 13.8. The number of aromatic amines is 1. The van der Waals surface area contributed by atoms with Gasteiger partial charge in [0.15, 0.2) is 17.5 Å². The Hall–Kier alpha value is -3.48. The Morgan fingerprint density at radius 1 is 1.11 bits per heavy atom. The van der Waals surface area contributed by atoms with E-state index in [1.54, 1.807) is 0 Å². The van der Waals surface area contributed by atoms with Crippen LogP contribution in [0.1, 0.15) is 18.3 Å². The predicted octanol–water partition coefficient (Wildman–Crippen LogP) is 3.06. The Balaban J connectivity index is 1.38. The largest absolute Gasteiger partial charge is 0.454 e. The molecule has 28 heavy (non-hydrogen) atoms. The van der Waals surface area contributed by atoms with Crippen molar-refractivity contribution >= 4 is 5.96 Å². The summed E-state index contributed by atoms with van der Waals surface area (Å²) in [4.78, 5) is 12.4. The molecule has 0 unspecified atom stereocenters. The van der Waals surface area contributed by atoms with Gasteiger partial charge in [-0.1, -0.05) is 36.4 Å². The lowest BCUT2D eigenvalue weighted by atomic mass is 10.2. The first-order valence-corrected chi connectivity index (χ1v) is 9.32. The van der Waals surface area contributed by atoms with Crippen LogP contribution in [0.5, 0.6) is 11.5 Å². The number of rotatable bonds is 6. The van der Waals surface area contributed by atoms with Crippen LogP contribution in [0, 0.1) is 0 Å². The van der Waals surface area contributed by atoms with Crippen molar-refractivity contribution in [3.8, 4) is 22.8 Å². The summed E-state index contributed by atoms with van der Waals surface area (Å²) in [6.07, 6.45) is 1.85. The van der Waals surface area contributed by atoms with Crippen molar-refractivity contribution in [2.75, 3.05) is 13.3 Å². The maximum absolute atomic E-state index is 5.42. The fraction of sp³-hybridized carbons (Fsp3) is 0.238. The van der Waals surface area contributed by atoms with Gasteiger partial charge in [-0.15, -0.1) is 0 Å². The zero-order valence-electron chi connectivity index (χ0n) is 15.7. The van der Waals surface area contributed by atoms with E-state index in [4.69, 9.17) is 9.47 Å². The van der Waals surface area contributed by atoms with Crippen LogP contribution < -0.4 is 20.1 Å². The lowest BCUT2D eigenvalue weighted by Gasteiger charge is -2.10. The van der Waals surface area contributed by atoms with Crippen molar-refractivity contribution in [2.45, 2.75) is 20.0 Å². The van der Waals surface area contributed by atoms with Gasteiger partial charge in [0.2, 0.25) is 6.79 Å². The van der Waals surface area contributed by atoms with Gasteiger partial charge in [0.25, 0.3) is 0 Å². The number of hydrogen-bond donors (Lipinski definition) is 3. The van der Waals surface area contributed by atoms with Crippen LogP contribution in [-0.4, -0.2) is 29.3 Å². The standard InChI is InChI=1S/C21H23N5O2/c1-2-22-21(24-11-15-8-9-18-19(10-15)28-14-27-18)25-13-20-23-12-17(26-20)16-6-4-3-5-7-16/h3-10,12H,2,11,13-14H2,1H3,(H,23,26)(H2,22,24,25). The van der Waals surface area contributed by atoms with Gasteiger partial charge in [-0.05, 0) is 30.2 Å². The van der Waals surface area contributed by atoms with Gasteiger partial charge in [0, 0.05) is 6.54 Å². The minimum absolute atomic E-state index is 0.278. The van der Waals surface area contributed by atoms with Crippen molar-refractivity contribution in [3.63, 3.8) is 0 Å². The third-order valence-electron chi connectivity index (χ3n) is 4.34. The summed E-state index contributed by atoms with van der Waals surface area (Å²) in [6.45, 7) is 4.19. The second-order valence-corrected chi connectivity index (χ2v) is 6.35. The molecule has 0 atom stereocenters. The van der Waals surface area contributed by atoms with E-state index in [-0.39, 0.29) is 6.79 Å². The highest BCUT2D eigenvalue weighted by atomic mass is 16.7. The topological polar surface area (TPSA) is 83.6 Å². The van der Waals surface area contributed by atoms with Gasteiger partial charge in [-0.2, -0.15) is 0 Å². The van der Waals surface area contributed by atoms with Crippen molar-refractivity contribution in [2.24, 2.45) is 4.99 Å². The number of nitrogens with zero attached hydrogens (tertiary/aromatic N) is 2. The Labute approximate surface area is 163 Å². The van der Waals surface area contributed by atoms with E-state index in [1.807, 2.05) is 49.5 Å². The van der Waals surface area contributed by atoms with Crippen molar-refractivity contribution in [1.29, 1.82) is 0 Å². The number of nitrogens with one attached hydrogen (secondary N) is 3. The average molecular weight is 377 g/mol. The molecule has 0 amide bonds. The van der Waals surface area contributed by atoms with Gasteiger partial charge in [-0.3, -0.25) is 0 Å². The first kappa shape index (κ1) is 17.9. The first-order valence-electron chi connectivity index (χ1n) is 9.32. The lowest BCUT2D eigenvalue weighted by molar-refractivity contribution is 0.174. The number of aromatic nitrogens is 2. The fourth-order valence-electron chi connectivity index (χ4n) is 2.94. The van der Waals surface area contributed by atoms with E-state index >= 15 is 0 Å². The highest BCUT2D eigenvalue weighted by molar-refractivity contribution is 5.79. The maximum Gasteiger partial charge on any atom is 0.231 e. The summed E-state index contributed by atoms with van der Waals surface area (Å²) < 4.78 is 10.8. The van der Waals surface area contributed by atoms with Crippen molar-refractivity contribution in [1.82, 2.24) is 20.6 Å². The Bertz CT molecular complexity index is 952. The average Bonchev–Trinajstić information content (AvgIpc) is 3.40. The van der Waals surface area contributed by atoms with E-state index in [0.29, 0.717) is 13.1 Å². The maximum atomic E-state index is 5.42. The van der Waals surface area contributed by atoms with Crippen LogP contribution in [0.15, 0.2) is 59.7 Å². The van der Waals surface area contributed by atoms with Gasteiger partial charge in [-0.25, -0.2) is 9.98 Å². The number of aliphatic imine (C=N–C) groups is 1. The molecule has 1 aliphatic heterocycles. The van der Waals surface area contributed by atoms with Gasteiger partial charge in [0.1, 0.15) is 5.82 Å². The zero-order valence-corrected chi connectivity index (χ0v) is 15.7. The third kappa shape index (κ3) is 4.25. The highest BCUT2D eigenvalue weighted by Gasteiger charge is 2.13. The number of ether oxygens (including phenoxy) is 2. The molecule has 0 bridgehead atoms. The Kier molecular flexibility index (Phi) is 5.42. The molecule has 0 radical (unpaired) electrons. The molecule has 1 aliphatic rings. The van der Waals surface area contributed by atoms with E-state index in [0.717, 1.165) is 46.6 Å². The smallest absolute Gasteiger partial charge is 0.231 e. The monoisotopic (exact) mass is 377 g/mol. The summed E-state index contributed by atoms with van der Waals surface area (Å²) in [5.41, 5.74) is 3.18. The number of hydrogen-bond acceptors (Lipinski definition) is 4.